The fourth-order valence-corrected chi connectivity index (χ4v) is 2.01. The highest BCUT2D eigenvalue weighted by molar-refractivity contribution is 6.71. The third-order valence-electron chi connectivity index (χ3n) is 2.34. The fraction of sp³-hybridized carbons (Fsp3) is 0.333. The van der Waals surface area contributed by atoms with Crippen molar-refractivity contribution >= 4 is 14.4 Å². The van der Waals surface area contributed by atoms with Gasteiger partial charge in [-0.25, -0.2) is 0 Å². The van der Waals surface area contributed by atoms with Gasteiger partial charge in [0.15, 0.2) is 0 Å². The lowest BCUT2D eigenvalue weighted by Gasteiger charge is -2.22. The Balaban J connectivity index is 2.81. The molecule has 0 unspecified atom stereocenters. The van der Waals surface area contributed by atoms with Gasteiger partial charge in [-0.1, -0.05) is 31.7 Å². The lowest BCUT2D eigenvalue weighted by molar-refractivity contribution is 0.549. The van der Waals surface area contributed by atoms with E-state index in [-0.39, 0.29) is 0 Å². The van der Waals surface area contributed by atoms with Gasteiger partial charge in [0.25, 0.3) is 0 Å². The van der Waals surface area contributed by atoms with Crippen LogP contribution in [0.5, 0.6) is 5.75 Å². The van der Waals surface area contributed by atoms with E-state index < -0.39 is 8.32 Å². The Morgan fingerprint density at radius 1 is 1.43 bits per heavy atom. The van der Waals surface area contributed by atoms with Crippen LogP contribution in [-0.4, -0.2) is 8.32 Å². The van der Waals surface area contributed by atoms with Gasteiger partial charge in [-0.3, -0.25) is 0 Å². The fourth-order valence-electron chi connectivity index (χ4n) is 1.10. The summed E-state index contributed by atoms with van der Waals surface area (Å²) in [6.45, 7) is 10.4. The van der Waals surface area contributed by atoms with Gasteiger partial charge in [-0.05, 0) is 36.8 Å². The number of hydrogen-bond acceptors (Lipinski definition) is 1. The van der Waals surface area contributed by atoms with Gasteiger partial charge in [0.1, 0.15) is 5.75 Å². The maximum atomic E-state index is 5.98. The van der Waals surface area contributed by atoms with E-state index >= 15 is 0 Å². The van der Waals surface area contributed by atoms with Crippen LogP contribution in [0.1, 0.15) is 12.5 Å². The molecule has 0 spiro atoms. The zero-order chi connectivity index (χ0) is 10.6. The molecule has 0 aromatic heterocycles. The van der Waals surface area contributed by atoms with Crippen molar-refractivity contribution in [3.05, 3.63) is 36.4 Å². The van der Waals surface area contributed by atoms with Crippen LogP contribution in [0.15, 0.2) is 30.8 Å². The lowest BCUT2D eigenvalue weighted by atomic mass is 10.2. The minimum Gasteiger partial charge on any atom is -0.544 e. The monoisotopic (exact) mass is 206 g/mol. The quantitative estimate of drug-likeness (QED) is 0.678. The van der Waals surface area contributed by atoms with Crippen LogP contribution >= 0.6 is 0 Å². The molecule has 0 aliphatic carbocycles. The van der Waals surface area contributed by atoms with E-state index in [1.54, 1.807) is 0 Å². The Morgan fingerprint density at radius 3 is 2.71 bits per heavy atom. The SMILES string of the molecule is C=Cc1cccc(O[Si](C)(C)CC)c1. The average molecular weight is 206 g/mol. The van der Waals surface area contributed by atoms with Crippen LogP contribution in [0, 0.1) is 0 Å². The summed E-state index contributed by atoms with van der Waals surface area (Å²) in [6, 6.07) is 9.22. The molecular formula is C12H18OSi. The van der Waals surface area contributed by atoms with Gasteiger partial charge < -0.3 is 4.43 Å². The minimum atomic E-state index is -1.49. The third-order valence-corrected chi connectivity index (χ3v) is 4.83. The van der Waals surface area contributed by atoms with Crippen LogP contribution in [-0.2, 0) is 0 Å². The van der Waals surface area contributed by atoms with Crippen molar-refractivity contribution in [3.63, 3.8) is 0 Å². The molecule has 76 valence electrons. The summed E-state index contributed by atoms with van der Waals surface area (Å²) in [5.41, 5.74) is 1.11. The topological polar surface area (TPSA) is 9.23 Å². The molecular weight excluding hydrogens is 188 g/mol. The predicted octanol–water partition coefficient (Wildman–Crippen LogP) is 3.93. The van der Waals surface area contributed by atoms with Gasteiger partial charge in [-0.2, -0.15) is 0 Å². The Hall–Kier alpha value is -1.02. The highest BCUT2D eigenvalue weighted by Gasteiger charge is 2.21. The normalized spacial score (nSPS) is 11.1. The molecule has 0 bridgehead atoms. The smallest absolute Gasteiger partial charge is 0.244 e. The molecule has 2 heteroatoms. The zero-order valence-corrected chi connectivity index (χ0v) is 10.2. The first kappa shape index (κ1) is 11.1. The molecule has 1 rings (SSSR count). The largest absolute Gasteiger partial charge is 0.544 e. The second kappa shape index (κ2) is 4.47. The van der Waals surface area contributed by atoms with E-state index in [1.165, 1.54) is 0 Å². The molecule has 1 aromatic carbocycles. The van der Waals surface area contributed by atoms with Crippen molar-refractivity contribution in [2.45, 2.75) is 26.1 Å². The second-order valence-corrected chi connectivity index (χ2v) is 8.42. The molecule has 1 nitrogen and oxygen atoms in total. The molecule has 0 atom stereocenters. The van der Waals surface area contributed by atoms with E-state index in [9.17, 15) is 0 Å². The van der Waals surface area contributed by atoms with Gasteiger partial charge in [0.05, 0.1) is 0 Å². The third kappa shape index (κ3) is 3.03. The molecule has 0 N–H and O–H groups in total. The van der Waals surface area contributed by atoms with Gasteiger partial charge in [0.2, 0.25) is 8.32 Å². The highest BCUT2D eigenvalue weighted by atomic mass is 28.4. The van der Waals surface area contributed by atoms with Gasteiger partial charge in [-0.15, -0.1) is 0 Å². The number of rotatable bonds is 4. The van der Waals surface area contributed by atoms with Crippen LogP contribution in [0.3, 0.4) is 0 Å². The molecule has 1 aromatic rings. The molecule has 0 heterocycles. The number of hydrogen-bond donors (Lipinski definition) is 0. The molecule has 0 aliphatic heterocycles. The van der Waals surface area contributed by atoms with E-state index in [1.807, 2.05) is 30.3 Å². The zero-order valence-electron chi connectivity index (χ0n) is 9.21. The van der Waals surface area contributed by atoms with Gasteiger partial charge in [0, 0.05) is 0 Å². The Bertz CT molecular complexity index is 318. The number of benzene rings is 1. The Labute approximate surface area is 87.5 Å². The maximum absolute atomic E-state index is 5.98. The second-order valence-electron chi connectivity index (χ2n) is 3.99. The molecule has 0 saturated carbocycles. The Morgan fingerprint density at radius 2 is 2.14 bits per heavy atom. The van der Waals surface area contributed by atoms with E-state index in [0.717, 1.165) is 17.4 Å². The molecule has 0 saturated heterocycles. The molecule has 0 amide bonds. The summed E-state index contributed by atoms with van der Waals surface area (Å²) in [5, 5.41) is 0. The van der Waals surface area contributed by atoms with Crippen molar-refractivity contribution in [2.75, 3.05) is 0 Å². The summed E-state index contributed by atoms with van der Waals surface area (Å²) >= 11 is 0. The van der Waals surface area contributed by atoms with Crippen molar-refractivity contribution in [1.29, 1.82) is 0 Å². The minimum absolute atomic E-state index is 0.973. The van der Waals surface area contributed by atoms with Crippen molar-refractivity contribution in [2.24, 2.45) is 0 Å². The van der Waals surface area contributed by atoms with Crippen LogP contribution < -0.4 is 4.43 Å². The van der Waals surface area contributed by atoms with Crippen LogP contribution in [0.2, 0.25) is 19.1 Å². The standard InChI is InChI=1S/C12H18OSi/c1-5-11-8-7-9-12(10-11)13-14(3,4)6-2/h5,7-10H,1,6H2,2-4H3. The maximum Gasteiger partial charge on any atom is 0.244 e. The summed E-state index contributed by atoms with van der Waals surface area (Å²) in [4.78, 5) is 0. The molecule has 0 fully saturated rings. The first-order chi connectivity index (χ1) is 6.57. The van der Waals surface area contributed by atoms with E-state index in [4.69, 9.17) is 4.43 Å². The molecule has 14 heavy (non-hydrogen) atoms. The van der Waals surface area contributed by atoms with E-state index in [2.05, 4.69) is 26.6 Å². The average Bonchev–Trinajstić information content (AvgIpc) is 2.17. The van der Waals surface area contributed by atoms with E-state index in [0.29, 0.717) is 0 Å². The van der Waals surface area contributed by atoms with Crippen LogP contribution in [0.4, 0.5) is 0 Å². The Kier molecular flexibility index (Phi) is 3.53. The summed E-state index contributed by atoms with van der Waals surface area (Å²) in [5.74, 6) is 0.973. The highest BCUT2D eigenvalue weighted by Crippen LogP contribution is 2.20. The molecule has 0 aliphatic rings. The molecule has 0 radical (unpaired) electrons. The first-order valence-electron chi connectivity index (χ1n) is 4.99. The predicted molar refractivity (Wildman–Crippen MR) is 65.1 cm³/mol. The van der Waals surface area contributed by atoms with Crippen molar-refractivity contribution in [1.82, 2.24) is 0 Å². The van der Waals surface area contributed by atoms with Gasteiger partial charge >= 0.3 is 0 Å². The van der Waals surface area contributed by atoms with Crippen molar-refractivity contribution in [3.8, 4) is 5.75 Å². The summed E-state index contributed by atoms with van der Waals surface area (Å²) in [6.07, 6.45) is 1.84. The first-order valence-corrected chi connectivity index (χ1v) is 8.10. The van der Waals surface area contributed by atoms with Crippen molar-refractivity contribution < 1.29 is 4.43 Å². The summed E-state index contributed by atoms with van der Waals surface area (Å²) in [7, 11) is -1.49. The summed E-state index contributed by atoms with van der Waals surface area (Å²) < 4.78 is 5.98. The van der Waals surface area contributed by atoms with Crippen LogP contribution in [0.25, 0.3) is 6.08 Å². The lowest BCUT2D eigenvalue weighted by Crippen LogP contribution is -2.32.